The second kappa shape index (κ2) is 7.41. The van der Waals surface area contributed by atoms with Gasteiger partial charge in [-0.3, -0.25) is 4.90 Å². The summed E-state index contributed by atoms with van der Waals surface area (Å²) in [5, 5.41) is 0.662. The number of likely N-dealkylation sites (tertiary alicyclic amines) is 1. The predicted octanol–water partition coefficient (Wildman–Crippen LogP) is 4.53. The minimum Gasteiger partial charge on any atom is -0.485 e. The fraction of sp³-hybridized carbons (Fsp3) is 0.368. The van der Waals surface area contributed by atoms with Gasteiger partial charge in [-0.2, -0.15) is 0 Å². The van der Waals surface area contributed by atoms with Crippen LogP contribution in [0.1, 0.15) is 19.4 Å². The van der Waals surface area contributed by atoms with Crippen LogP contribution in [0.4, 0.5) is 4.39 Å². The minimum absolute atomic E-state index is 0.0720. The van der Waals surface area contributed by atoms with Gasteiger partial charge in [0.1, 0.15) is 18.5 Å². The second-order valence-electron chi connectivity index (χ2n) is 6.30. The van der Waals surface area contributed by atoms with Crippen molar-refractivity contribution in [3.8, 4) is 11.5 Å². The van der Waals surface area contributed by atoms with E-state index < -0.39 is 0 Å². The van der Waals surface area contributed by atoms with Crippen LogP contribution in [0.15, 0.2) is 42.5 Å². The lowest BCUT2D eigenvalue weighted by molar-refractivity contribution is -0.00164. The Labute approximate surface area is 146 Å². The number of rotatable bonds is 6. The Morgan fingerprint density at radius 3 is 2.67 bits per heavy atom. The van der Waals surface area contributed by atoms with E-state index in [4.69, 9.17) is 21.1 Å². The molecule has 1 saturated heterocycles. The van der Waals surface area contributed by atoms with Gasteiger partial charge in [0.15, 0.2) is 11.5 Å². The van der Waals surface area contributed by atoms with E-state index in [1.165, 1.54) is 12.1 Å². The summed E-state index contributed by atoms with van der Waals surface area (Å²) in [5.74, 6) is 0.657. The molecule has 2 aromatic rings. The van der Waals surface area contributed by atoms with E-state index in [2.05, 4.69) is 18.7 Å². The van der Waals surface area contributed by atoms with Crippen LogP contribution in [-0.4, -0.2) is 30.1 Å². The summed E-state index contributed by atoms with van der Waals surface area (Å²) in [6.07, 6.45) is 0.0720. The zero-order valence-electron chi connectivity index (χ0n) is 13.8. The zero-order chi connectivity index (χ0) is 17.1. The molecular weight excluding hydrogens is 329 g/mol. The molecule has 1 aliphatic heterocycles. The molecule has 0 amide bonds. The fourth-order valence-corrected chi connectivity index (χ4v) is 2.84. The molecule has 1 aliphatic rings. The lowest BCUT2D eigenvalue weighted by Gasteiger charge is -2.41. The summed E-state index contributed by atoms with van der Waals surface area (Å²) in [7, 11) is 0. The predicted molar refractivity (Wildman–Crippen MR) is 93.3 cm³/mol. The molecule has 1 heterocycles. The van der Waals surface area contributed by atoms with Crippen molar-refractivity contribution in [1.82, 2.24) is 4.90 Å². The van der Waals surface area contributed by atoms with Gasteiger partial charge in [-0.05, 0) is 43.7 Å². The van der Waals surface area contributed by atoms with E-state index in [0.29, 0.717) is 29.2 Å². The number of ether oxygens (including phenoxy) is 2. The Morgan fingerprint density at radius 1 is 1.17 bits per heavy atom. The minimum atomic E-state index is -0.333. The van der Waals surface area contributed by atoms with Crippen molar-refractivity contribution in [3.05, 3.63) is 58.9 Å². The summed E-state index contributed by atoms with van der Waals surface area (Å²) >= 11 is 5.98. The van der Waals surface area contributed by atoms with Gasteiger partial charge in [0.05, 0.1) is 0 Å². The summed E-state index contributed by atoms with van der Waals surface area (Å²) in [5.41, 5.74) is 0.951. The van der Waals surface area contributed by atoms with Crippen molar-refractivity contribution in [1.29, 1.82) is 0 Å². The van der Waals surface area contributed by atoms with Crippen LogP contribution < -0.4 is 9.47 Å². The van der Waals surface area contributed by atoms with Crippen LogP contribution in [0.25, 0.3) is 0 Å². The quantitative estimate of drug-likeness (QED) is 0.764. The van der Waals surface area contributed by atoms with Crippen LogP contribution in [0, 0.1) is 5.82 Å². The molecule has 0 atom stereocenters. The van der Waals surface area contributed by atoms with Crippen molar-refractivity contribution in [2.75, 3.05) is 13.1 Å². The maximum atomic E-state index is 13.6. The molecule has 0 bridgehead atoms. The van der Waals surface area contributed by atoms with Crippen molar-refractivity contribution in [3.63, 3.8) is 0 Å². The number of halogens is 2. The molecule has 0 aromatic heterocycles. The van der Waals surface area contributed by atoms with Gasteiger partial charge in [-0.15, -0.1) is 0 Å². The van der Waals surface area contributed by atoms with E-state index in [0.717, 1.165) is 18.7 Å². The van der Waals surface area contributed by atoms with Crippen molar-refractivity contribution >= 4 is 11.6 Å². The Hall–Kier alpha value is -1.78. The van der Waals surface area contributed by atoms with Crippen LogP contribution in [-0.2, 0) is 6.61 Å². The Morgan fingerprint density at radius 2 is 1.96 bits per heavy atom. The topological polar surface area (TPSA) is 21.7 Å². The molecule has 5 heteroatoms. The number of benzene rings is 2. The zero-order valence-corrected chi connectivity index (χ0v) is 14.6. The average Bonchev–Trinajstić information content (AvgIpc) is 2.49. The van der Waals surface area contributed by atoms with Crippen molar-refractivity contribution in [2.45, 2.75) is 32.6 Å². The van der Waals surface area contributed by atoms with Crippen LogP contribution in [0.5, 0.6) is 11.5 Å². The summed E-state index contributed by atoms with van der Waals surface area (Å²) in [6.45, 7) is 6.35. The van der Waals surface area contributed by atoms with E-state index in [1.807, 2.05) is 24.3 Å². The molecule has 0 radical (unpaired) electrons. The first-order chi connectivity index (χ1) is 11.5. The highest BCUT2D eigenvalue weighted by Gasteiger charge is 2.30. The molecule has 0 unspecified atom stereocenters. The SMILES string of the molecule is CC(C)N1CC(Oc2cc(F)ccc2OCc2cccc(Cl)c2)C1. The average molecular weight is 350 g/mol. The molecule has 0 N–H and O–H groups in total. The van der Waals surface area contributed by atoms with Gasteiger partial charge in [0.25, 0.3) is 0 Å². The van der Waals surface area contributed by atoms with Crippen molar-refractivity contribution < 1.29 is 13.9 Å². The van der Waals surface area contributed by atoms with Crippen LogP contribution >= 0.6 is 11.6 Å². The van der Waals surface area contributed by atoms with Gasteiger partial charge in [0.2, 0.25) is 0 Å². The largest absolute Gasteiger partial charge is 0.485 e. The van der Waals surface area contributed by atoms with Gasteiger partial charge in [0, 0.05) is 30.2 Å². The molecule has 128 valence electrons. The second-order valence-corrected chi connectivity index (χ2v) is 6.73. The highest BCUT2D eigenvalue weighted by Crippen LogP contribution is 2.31. The van der Waals surface area contributed by atoms with Gasteiger partial charge < -0.3 is 9.47 Å². The van der Waals surface area contributed by atoms with Gasteiger partial charge in [-0.25, -0.2) is 4.39 Å². The molecule has 0 aliphatic carbocycles. The summed E-state index contributed by atoms with van der Waals surface area (Å²) in [4.78, 5) is 2.30. The molecule has 0 saturated carbocycles. The first-order valence-corrected chi connectivity index (χ1v) is 8.46. The third-order valence-corrected chi connectivity index (χ3v) is 4.32. The molecule has 24 heavy (non-hydrogen) atoms. The van der Waals surface area contributed by atoms with E-state index in [-0.39, 0.29) is 11.9 Å². The standard InChI is InChI=1S/C19H21ClFNO2/c1-13(2)22-10-17(11-22)24-19-9-16(21)6-7-18(19)23-12-14-4-3-5-15(20)8-14/h3-9,13,17H,10-12H2,1-2H3. The van der Waals surface area contributed by atoms with Crippen LogP contribution in [0.3, 0.4) is 0 Å². The van der Waals surface area contributed by atoms with E-state index in [1.54, 1.807) is 6.07 Å². The summed E-state index contributed by atoms with van der Waals surface area (Å²) < 4.78 is 25.3. The first kappa shape index (κ1) is 17.1. The maximum absolute atomic E-state index is 13.6. The molecule has 3 rings (SSSR count). The highest BCUT2D eigenvalue weighted by atomic mass is 35.5. The Kier molecular flexibility index (Phi) is 5.27. The van der Waals surface area contributed by atoms with Crippen LogP contribution in [0.2, 0.25) is 5.02 Å². The van der Waals surface area contributed by atoms with E-state index >= 15 is 0 Å². The molecule has 1 fully saturated rings. The van der Waals surface area contributed by atoms with Gasteiger partial charge >= 0.3 is 0 Å². The highest BCUT2D eigenvalue weighted by molar-refractivity contribution is 6.30. The molecule has 0 spiro atoms. The van der Waals surface area contributed by atoms with E-state index in [9.17, 15) is 4.39 Å². The Balaban J connectivity index is 1.65. The Bertz CT molecular complexity index is 702. The number of hydrogen-bond donors (Lipinski definition) is 0. The molecule has 3 nitrogen and oxygen atoms in total. The number of hydrogen-bond acceptors (Lipinski definition) is 3. The lowest BCUT2D eigenvalue weighted by atomic mass is 10.1. The smallest absolute Gasteiger partial charge is 0.164 e. The third kappa shape index (κ3) is 4.19. The maximum Gasteiger partial charge on any atom is 0.164 e. The van der Waals surface area contributed by atoms with Gasteiger partial charge in [-0.1, -0.05) is 23.7 Å². The molecule has 2 aromatic carbocycles. The monoisotopic (exact) mass is 349 g/mol. The lowest BCUT2D eigenvalue weighted by Crippen LogP contribution is -2.56. The third-order valence-electron chi connectivity index (χ3n) is 4.09. The first-order valence-electron chi connectivity index (χ1n) is 8.09. The fourth-order valence-electron chi connectivity index (χ4n) is 2.63. The number of nitrogens with zero attached hydrogens (tertiary/aromatic N) is 1. The molecular formula is C19H21ClFNO2. The summed E-state index contributed by atoms with van der Waals surface area (Å²) in [6, 6.07) is 12.3. The van der Waals surface area contributed by atoms with Crippen molar-refractivity contribution in [2.24, 2.45) is 0 Å². The normalized spacial score (nSPS) is 15.4.